The van der Waals surface area contributed by atoms with Gasteiger partial charge in [-0.1, -0.05) is 0 Å². The molecule has 3 fully saturated rings. The molecular formula is C18H22N4O4S. The molecule has 4 atom stereocenters. The van der Waals surface area contributed by atoms with E-state index in [9.17, 15) is 9.90 Å². The average molecular weight is 390 g/mol. The molecule has 2 aromatic heterocycles. The van der Waals surface area contributed by atoms with E-state index in [0.29, 0.717) is 11.4 Å². The van der Waals surface area contributed by atoms with Gasteiger partial charge in [0.1, 0.15) is 27.5 Å². The van der Waals surface area contributed by atoms with Crippen molar-refractivity contribution in [2.45, 2.75) is 18.6 Å². The van der Waals surface area contributed by atoms with Crippen LogP contribution in [0.5, 0.6) is 0 Å². The third-order valence-corrected chi connectivity index (χ3v) is 7.47. The van der Waals surface area contributed by atoms with E-state index in [1.165, 1.54) is 18.4 Å². The first-order chi connectivity index (χ1) is 13.1. The molecule has 2 bridgehead atoms. The molecular weight excluding hydrogens is 368 g/mol. The number of fused-ring (bicyclic) bond motifs is 2. The van der Waals surface area contributed by atoms with Crippen LogP contribution < -0.4 is 10.2 Å². The van der Waals surface area contributed by atoms with E-state index in [2.05, 4.69) is 20.2 Å². The Balaban J connectivity index is 1.56. The second kappa shape index (κ2) is 6.10. The second-order valence-electron chi connectivity index (χ2n) is 7.61. The predicted octanol–water partition coefficient (Wildman–Crippen LogP) is 0.572. The van der Waals surface area contributed by atoms with Crippen molar-refractivity contribution in [2.24, 2.45) is 11.8 Å². The number of anilines is 1. The number of rotatable bonds is 3. The Hall–Kier alpha value is -1.81. The molecule has 0 radical (unpaired) electrons. The first-order valence-corrected chi connectivity index (χ1v) is 9.96. The van der Waals surface area contributed by atoms with Gasteiger partial charge in [-0.3, -0.25) is 0 Å². The molecule has 27 heavy (non-hydrogen) atoms. The zero-order valence-corrected chi connectivity index (χ0v) is 16.1. The van der Waals surface area contributed by atoms with Crippen molar-refractivity contribution in [3.05, 3.63) is 16.8 Å². The topological polar surface area (TPSA) is 96.8 Å². The van der Waals surface area contributed by atoms with Crippen LogP contribution in [0.2, 0.25) is 0 Å². The van der Waals surface area contributed by atoms with Gasteiger partial charge in [0.15, 0.2) is 0 Å². The SMILES string of the molecule is COC(=O)c1sc2ncnc(N3C[C@@H]4[C@H](CO)[C@H]5CNC[C@]4(C3)O5)c2c1C. The lowest BCUT2D eigenvalue weighted by molar-refractivity contribution is -0.0654. The number of methoxy groups -OCH3 is 1. The predicted molar refractivity (Wildman–Crippen MR) is 100 cm³/mol. The van der Waals surface area contributed by atoms with Crippen molar-refractivity contribution in [3.8, 4) is 0 Å². The molecule has 1 spiro atoms. The Morgan fingerprint density at radius 1 is 1.56 bits per heavy atom. The summed E-state index contributed by atoms with van der Waals surface area (Å²) in [5.41, 5.74) is 0.564. The zero-order valence-electron chi connectivity index (χ0n) is 15.3. The van der Waals surface area contributed by atoms with Crippen molar-refractivity contribution >= 4 is 33.3 Å². The van der Waals surface area contributed by atoms with Crippen molar-refractivity contribution in [3.63, 3.8) is 0 Å². The molecule has 0 amide bonds. The quantitative estimate of drug-likeness (QED) is 0.735. The highest BCUT2D eigenvalue weighted by Gasteiger charge is 2.61. The molecule has 144 valence electrons. The third kappa shape index (κ3) is 2.35. The number of carbonyl (C=O) groups is 1. The zero-order chi connectivity index (χ0) is 18.8. The van der Waals surface area contributed by atoms with Gasteiger partial charge in [0.25, 0.3) is 0 Å². The van der Waals surface area contributed by atoms with Gasteiger partial charge in [0.05, 0.1) is 25.1 Å². The number of aromatic nitrogens is 2. The number of aliphatic hydroxyl groups is 1. The second-order valence-corrected chi connectivity index (χ2v) is 8.61. The molecule has 2 N–H and O–H groups in total. The van der Waals surface area contributed by atoms with Gasteiger partial charge in [-0.25, -0.2) is 14.8 Å². The molecule has 0 saturated carbocycles. The Labute approximate surface area is 160 Å². The van der Waals surface area contributed by atoms with Crippen LogP contribution in [0, 0.1) is 18.8 Å². The lowest BCUT2D eigenvalue weighted by Crippen LogP contribution is -2.52. The molecule has 2 aromatic rings. The molecule has 3 aliphatic rings. The summed E-state index contributed by atoms with van der Waals surface area (Å²) in [5.74, 6) is 0.875. The minimum absolute atomic E-state index is 0.0788. The largest absolute Gasteiger partial charge is 0.465 e. The van der Waals surface area contributed by atoms with Crippen LogP contribution in [0.25, 0.3) is 10.2 Å². The van der Waals surface area contributed by atoms with Crippen molar-refractivity contribution < 1.29 is 19.4 Å². The van der Waals surface area contributed by atoms with Gasteiger partial charge >= 0.3 is 5.97 Å². The van der Waals surface area contributed by atoms with E-state index in [-0.39, 0.29) is 36.1 Å². The lowest BCUT2D eigenvalue weighted by Gasteiger charge is -2.34. The normalized spacial score (nSPS) is 32.1. The monoisotopic (exact) mass is 390 g/mol. The Morgan fingerprint density at radius 2 is 2.41 bits per heavy atom. The maximum atomic E-state index is 12.1. The maximum Gasteiger partial charge on any atom is 0.348 e. The minimum Gasteiger partial charge on any atom is -0.465 e. The van der Waals surface area contributed by atoms with Crippen LogP contribution in [0.4, 0.5) is 5.82 Å². The Kier molecular flexibility index (Phi) is 3.91. The number of aryl methyl sites for hydroxylation is 1. The lowest BCUT2D eigenvalue weighted by atomic mass is 9.83. The average Bonchev–Trinajstić information content (AvgIpc) is 3.26. The smallest absolute Gasteiger partial charge is 0.348 e. The van der Waals surface area contributed by atoms with Crippen molar-refractivity contribution in [2.75, 3.05) is 44.8 Å². The standard InChI is InChI=1S/C18H22N4O4S/c1-9-13-15(20-8-21-16(13)27-14(9)17(24)25-2)22-4-11-10(5-23)12-3-19-6-18(11,7-22)26-12/h8,10-12,19,23H,3-7H2,1-2H3/t10-,11+,12+,18+/m0/s1. The summed E-state index contributed by atoms with van der Waals surface area (Å²) < 4.78 is 11.3. The molecule has 8 nitrogen and oxygen atoms in total. The van der Waals surface area contributed by atoms with E-state index < -0.39 is 0 Å². The molecule has 5 heterocycles. The highest BCUT2D eigenvalue weighted by atomic mass is 32.1. The fourth-order valence-electron chi connectivity index (χ4n) is 5.04. The summed E-state index contributed by atoms with van der Waals surface area (Å²) >= 11 is 1.34. The number of ether oxygens (including phenoxy) is 2. The Morgan fingerprint density at radius 3 is 3.19 bits per heavy atom. The first kappa shape index (κ1) is 17.3. The summed E-state index contributed by atoms with van der Waals surface area (Å²) in [4.78, 5) is 24.6. The highest BCUT2D eigenvalue weighted by molar-refractivity contribution is 7.20. The summed E-state index contributed by atoms with van der Waals surface area (Å²) in [6, 6.07) is 0. The maximum absolute atomic E-state index is 12.1. The van der Waals surface area contributed by atoms with Gasteiger partial charge in [-0.05, 0) is 12.5 Å². The van der Waals surface area contributed by atoms with Crippen LogP contribution in [0.1, 0.15) is 15.2 Å². The number of esters is 1. The van der Waals surface area contributed by atoms with E-state index in [1.807, 2.05) is 6.92 Å². The van der Waals surface area contributed by atoms with Crippen LogP contribution >= 0.6 is 11.3 Å². The first-order valence-electron chi connectivity index (χ1n) is 9.14. The minimum atomic E-state index is -0.346. The number of nitrogens with one attached hydrogen (secondary N) is 1. The molecule has 0 aliphatic carbocycles. The van der Waals surface area contributed by atoms with E-state index >= 15 is 0 Å². The number of nitrogens with zero attached hydrogens (tertiary/aromatic N) is 3. The fraction of sp³-hybridized carbons (Fsp3) is 0.611. The summed E-state index contributed by atoms with van der Waals surface area (Å²) in [6.45, 7) is 5.12. The number of hydrogen-bond donors (Lipinski definition) is 2. The van der Waals surface area contributed by atoms with Gasteiger partial charge in [0, 0.05) is 38.1 Å². The van der Waals surface area contributed by atoms with Crippen molar-refractivity contribution in [1.82, 2.24) is 15.3 Å². The van der Waals surface area contributed by atoms with Crippen LogP contribution in [0.15, 0.2) is 6.33 Å². The molecule has 3 aliphatic heterocycles. The van der Waals surface area contributed by atoms with E-state index in [4.69, 9.17) is 9.47 Å². The van der Waals surface area contributed by atoms with Gasteiger partial charge in [-0.15, -0.1) is 11.3 Å². The summed E-state index contributed by atoms with van der Waals surface area (Å²) in [5, 5.41) is 14.3. The van der Waals surface area contributed by atoms with Crippen LogP contribution in [-0.4, -0.2) is 72.6 Å². The van der Waals surface area contributed by atoms with Crippen LogP contribution in [0.3, 0.4) is 0 Å². The summed E-state index contributed by atoms with van der Waals surface area (Å²) in [6.07, 6.45) is 1.63. The number of hydrogen-bond acceptors (Lipinski definition) is 9. The number of carbonyl (C=O) groups excluding carboxylic acids is 1. The van der Waals surface area contributed by atoms with Gasteiger partial charge < -0.3 is 24.8 Å². The number of aliphatic hydroxyl groups excluding tert-OH is 1. The highest BCUT2D eigenvalue weighted by Crippen LogP contribution is 2.49. The van der Waals surface area contributed by atoms with Crippen LogP contribution in [-0.2, 0) is 9.47 Å². The molecule has 9 heteroatoms. The Bertz CT molecular complexity index is 918. The van der Waals surface area contributed by atoms with Gasteiger partial charge in [0.2, 0.25) is 0 Å². The molecule has 5 rings (SSSR count). The molecule has 3 saturated heterocycles. The van der Waals surface area contributed by atoms with Crippen molar-refractivity contribution in [1.29, 1.82) is 0 Å². The van der Waals surface area contributed by atoms with Gasteiger partial charge in [-0.2, -0.15) is 0 Å². The van der Waals surface area contributed by atoms with E-state index in [1.54, 1.807) is 6.33 Å². The molecule has 0 unspecified atom stereocenters. The number of morpholine rings is 1. The fourth-order valence-corrected chi connectivity index (χ4v) is 6.10. The summed E-state index contributed by atoms with van der Waals surface area (Å²) in [7, 11) is 1.39. The number of thiophene rings is 1. The van der Waals surface area contributed by atoms with E-state index in [0.717, 1.165) is 41.2 Å². The third-order valence-electron chi connectivity index (χ3n) is 6.29. The molecule has 0 aromatic carbocycles.